The van der Waals surface area contributed by atoms with Crippen LogP contribution >= 0.6 is 0 Å². The second kappa shape index (κ2) is 7.34. The van der Waals surface area contributed by atoms with E-state index in [9.17, 15) is 10.1 Å². The lowest BCUT2D eigenvalue weighted by Gasteiger charge is -2.23. The van der Waals surface area contributed by atoms with Crippen molar-refractivity contribution in [2.75, 3.05) is 11.1 Å². The van der Waals surface area contributed by atoms with E-state index in [4.69, 9.17) is 5.73 Å². The van der Waals surface area contributed by atoms with Crippen molar-refractivity contribution < 1.29 is 4.92 Å². The molecule has 1 fully saturated rings. The lowest BCUT2D eigenvalue weighted by molar-refractivity contribution is -0.384. The van der Waals surface area contributed by atoms with E-state index in [-0.39, 0.29) is 16.3 Å². The zero-order valence-corrected chi connectivity index (χ0v) is 13.7. The number of nitro groups is 1. The van der Waals surface area contributed by atoms with Crippen LogP contribution < -0.4 is 11.1 Å². The largest absolute Gasteiger partial charge is 0.393 e. The Morgan fingerprint density at radius 3 is 2.46 bits per heavy atom. The summed E-state index contributed by atoms with van der Waals surface area (Å²) in [6.45, 7) is 0. The van der Waals surface area contributed by atoms with Crippen molar-refractivity contribution in [2.45, 2.75) is 38.5 Å². The predicted molar refractivity (Wildman–Crippen MR) is 97.5 cm³/mol. The molecule has 2 aromatic carbocycles. The number of para-hydroxylation sites is 1. The van der Waals surface area contributed by atoms with Crippen molar-refractivity contribution >= 4 is 22.7 Å². The summed E-state index contributed by atoms with van der Waals surface area (Å²) in [7, 11) is 0. The third-order valence-electron chi connectivity index (χ3n) is 4.77. The van der Waals surface area contributed by atoms with Gasteiger partial charge in [-0.05, 0) is 36.6 Å². The molecule has 1 aliphatic carbocycles. The molecule has 0 bridgehead atoms. The van der Waals surface area contributed by atoms with Crippen molar-refractivity contribution in [1.82, 2.24) is 0 Å². The third-order valence-corrected chi connectivity index (χ3v) is 4.77. The monoisotopic (exact) mass is 325 g/mol. The first-order valence-corrected chi connectivity index (χ1v) is 8.53. The Hall–Kier alpha value is -2.56. The van der Waals surface area contributed by atoms with E-state index < -0.39 is 0 Å². The molecule has 3 rings (SSSR count). The molecule has 0 saturated heterocycles. The number of nitrogens with one attached hydrogen (secondary N) is 1. The normalized spacial score (nSPS) is 15.2. The van der Waals surface area contributed by atoms with Gasteiger partial charge in [0.05, 0.1) is 10.5 Å². The second-order valence-corrected chi connectivity index (χ2v) is 6.49. The zero-order chi connectivity index (χ0) is 16.9. The Labute approximate surface area is 142 Å². The van der Waals surface area contributed by atoms with E-state index in [0.29, 0.717) is 12.3 Å². The summed E-state index contributed by atoms with van der Waals surface area (Å²) in [5, 5.41) is 14.9. The van der Waals surface area contributed by atoms with Gasteiger partial charge >= 0.3 is 0 Å². The number of rotatable bonds is 5. The van der Waals surface area contributed by atoms with E-state index >= 15 is 0 Å². The molecular formula is C19H23N3O2. The Morgan fingerprint density at radius 1 is 1.08 bits per heavy atom. The van der Waals surface area contributed by atoms with Crippen LogP contribution in [0.3, 0.4) is 0 Å². The average molecular weight is 325 g/mol. The first kappa shape index (κ1) is 16.3. The van der Waals surface area contributed by atoms with Crippen LogP contribution in [0.5, 0.6) is 0 Å². The van der Waals surface area contributed by atoms with Gasteiger partial charge < -0.3 is 11.1 Å². The summed E-state index contributed by atoms with van der Waals surface area (Å²) in [4.78, 5) is 11.2. The van der Waals surface area contributed by atoms with Crippen LogP contribution in [0.25, 0.3) is 0 Å². The van der Waals surface area contributed by atoms with Crippen LogP contribution in [0.4, 0.5) is 22.7 Å². The standard InChI is InChI=1S/C19H23N3O2/c20-17-11-12-18(21-15-9-5-2-6-10-15)16(19(17)22(23)24)13-14-7-3-1-4-8-14/h2,5-6,9-12,14,21H,1,3-4,7-8,13,20H2. The number of nitro benzene ring substituents is 1. The van der Waals surface area contributed by atoms with Crippen LogP contribution in [0.15, 0.2) is 42.5 Å². The van der Waals surface area contributed by atoms with Crippen LogP contribution in [-0.2, 0) is 6.42 Å². The van der Waals surface area contributed by atoms with Gasteiger partial charge in [0.15, 0.2) is 0 Å². The van der Waals surface area contributed by atoms with Gasteiger partial charge in [0.25, 0.3) is 5.69 Å². The van der Waals surface area contributed by atoms with E-state index in [0.717, 1.165) is 29.8 Å². The van der Waals surface area contributed by atoms with Gasteiger partial charge in [-0.15, -0.1) is 0 Å². The quantitative estimate of drug-likeness (QED) is 0.458. The number of anilines is 3. The Morgan fingerprint density at radius 2 is 1.79 bits per heavy atom. The van der Waals surface area contributed by atoms with Crippen molar-refractivity contribution in [3.8, 4) is 0 Å². The van der Waals surface area contributed by atoms with Crippen LogP contribution in [0.1, 0.15) is 37.7 Å². The lowest BCUT2D eigenvalue weighted by atomic mass is 9.84. The molecule has 1 aliphatic rings. The SMILES string of the molecule is Nc1ccc(Nc2ccccc2)c(CC2CCCCC2)c1[N+](=O)[O-]. The fourth-order valence-electron chi connectivity index (χ4n) is 3.55. The van der Waals surface area contributed by atoms with E-state index in [1.165, 1.54) is 19.3 Å². The summed E-state index contributed by atoms with van der Waals surface area (Å²) >= 11 is 0. The molecule has 0 radical (unpaired) electrons. The number of nitrogens with zero attached hydrogens (tertiary/aromatic N) is 1. The van der Waals surface area contributed by atoms with Gasteiger partial charge in [-0.3, -0.25) is 10.1 Å². The predicted octanol–water partition coefficient (Wildman–Crippen LogP) is 5.04. The molecule has 0 unspecified atom stereocenters. The molecule has 2 aromatic rings. The van der Waals surface area contributed by atoms with Gasteiger partial charge in [-0.1, -0.05) is 50.3 Å². The first-order chi connectivity index (χ1) is 11.6. The fraction of sp³-hybridized carbons (Fsp3) is 0.368. The van der Waals surface area contributed by atoms with Crippen LogP contribution in [0.2, 0.25) is 0 Å². The fourth-order valence-corrected chi connectivity index (χ4v) is 3.55. The van der Waals surface area contributed by atoms with Gasteiger partial charge in [-0.25, -0.2) is 0 Å². The molecule has 5 nitrogen and oxygen atoms in total. The second-order valence-electron chi connectivity index (χ2n) is 6.49. The van der Waals surface area contributed by atoms with Gasteiger partial charge in [0.2, 0.25) is 0 Å². The number of benzene rings is 2. The maximum atomic E-state index is 11.6. The third kappa shape index (κ3) is 3.67. The first-order valence-electron chi connectivity index (χ1n) is 8.53. The maximum Gasteiger partial charge on any atom is 0.297 e. The Kier molecular flexibility index (Phi) is 4.99. The maximum absolute atomic E-state index is 11.6. The highest BCUT2D eigenvalue weighted by molar-refractivity contribution is 5.75. The Bertz CT molecular complexity index is 710. The van der Waals surface area contributed by atoms with Gasteiger partial charge in [0, 0.05) is 11.4 Å². The molecular weight excluding hydrogens is 302 g/mol. The molecule has 5 heteroatoms. The molecule has 0 aromatic heterocycles. The summed E-state index contributed by atoms with van der Waals surface area (Å²) in [5.74, 6) is 0.496. The molecule has 0 amide bonds. The minimum Gasteiger partial charge on any atom is -0.393 e. The number of nitrogens with two attached hydrogens (primary N) is 1. The summed E-state index contributed by atoms with van der Waals surface area (Å²) < 4.78 is 0. The lowest BCUT2D eigenvalue weighted by Crippen LogP contribution is -2.13. The minimum atomic E-state index is -0.344. The smallest absolute Gasteiger partial charge is 0.297 e. The van der Waals surface area contributed by atoms with Crippen molar-refractivity contribution in [3.63, 3.8) is 0 Å². The van der Waals surface area contributed by atoms with E-state index in [1.54, 1.807) is 6.07 Å². The minimum absolute atomic E-state index is 0.0569. The van der Waals surface area contributed by atoms with Gasteiger partial charge in [0.1, 0.15) is 5.69 Å². The Balaban J connectivity index is 1.97. The highest BCUT2D eigenvalue weighted by Crippen LogP contribution is 2.38. The molecule has 0 spiro atoms. The van der Waals surface area contributed by atoms with Crippen molar-refractivity contribution in [2.24, 2.45) is 5.92 Å². The molecule has 0 aliphatic heterocycles. The summed E-state index contributed by atoms with van der Waals surface area (Å²) in [5.41, 5.74) is 8.65. The highest BCUT2D eigenvalue weighted by atomic mass is 16.6. The molecule has 126 valence electrons. The molecule has 24 heavy (non-hydrogen) atoms. The summed E-state index contributed by atoms with van der Waals surface area (Å²) in [6, 6.07) is 13.2. The zero-order valence-electron chi connectivity index (χ0n) is 13.7. The molecule has 0 atom stereocenters. The molecule has 3 N–H and O–H groups in total. The molecule has 0 heterocycles. The molecule has 1 saturated carbocycles. The average Bonchev–Trinajstić information content (AvgIpc) is 2.59. The topological polar surface area (TPSA) is 81.2 Å². The highest BCUT2D eigenvalue weighted by Gasteiger charge is 2.25. The van der Waals surface area contributed by atoms with Crippen molar-refractivity contribution in [3.05, 3.63) is 58.1 Å². The van der Waals surface area contributed by atoms with Crippen LogP contribution in [0, 0.1) is 16.0 Å². The van der Waals surface area contributed by atoms with Crippen LogP contribution in [-0.4, -0.2) is 4.92 Å². The summed E-state index contributed by atoms with van der Waals surface area (Å²) in [6.07, 6.45) is 6.67. The van der Waals surface area contributed by atoms with E-state index in [2.05, 4.69) is 5.32 Å². The number of hydrogen-bond acceptors (Lipinski definition) is 4. The number of nitrogen functional groups attached to an aromatic ring is 1. The van der Waals surface area contributed by atoms with E-state index in [1.807, 2.05) is 36.4 Å². The number of hydrogen-bond donors (Lipinski definition) is 2. The van der Waals surface area contributed by atoms with Gasteiger partial charge in [-0.2, -0.15) is 0 Å². The van der Waals surface area contributed by atoms with Crippen molar-refractivity contribution in [1.29, 1.82) is 0 Å².